The van der Waals surface area contributed by atoms with Crippen LogP contribution in [-0.4, -0.2) is 21.9 Å². The average Bonchev–Trinajstić information content (AvgIpc) is 2.98. The molecule has 2 aromatic heterocycles. The van der Waals surface area contributed by atoms with Crippen molar-refractivity contribution >= 4 is 51.3 Å². The predicted molar refractivity (Wildman–Crippen MR) is 102 cm³/mol. The number of halogens is 2. The smallest absolute Gasteiger partial charge is 0.237 e. The quantitative estimate of drug-likeness (QED) is 0.387. The van der Waals surface area contributed by atoms with E-state index in [0.29, 0.717) is 0 Å². The van der Waals surface area contributed by atoms with E-state index in [2.05, 4.69) is 42.6 Å². The third-order valence-electron chi connectivity index (χ3n) is 3.88. The number of fused-ring (bicyclic) bond motifs is 1. The fourth-order valence-corrected chi connectivity index (χ4v) is 4.33. The maximum absolute atomic E-state index is 8.76. The first kappa shape index (κ1) is 18.9. The first-order chi connectivity index (χ1) is 11.1. The zero-order chi connectivity index (χ0) is 16.4. The summed E-state index contributed by atoms with van der Waals surface area (Å²) >= 11 is 5.29. The third kappa shape index (κ3) is 3.77. The van der Waals surface area contributed by atoms with Gasteiger partial charge in [0.15, 0.2) is 0 Å². The first-order valence-electron chi connectivity index (χ1n) is 7.08. The molecule has 1 aliphatic carbocycles. The second-order valence-electron chi connectivity index (χ2n) is 5.35. The Bertz CT molecular complexity index is 792. The van der Waals surface area contributed by atoms with Crippen LogP contribution in [0.15, 0.2) is 37.7 Å². The number of guanidine groups is 1. The van der Waals surface area contributed by atoms with Gasteiger partial charge in [-0.1, -0.05) is 0 Å². The second-order valence-corrected chi connectivity index (χ2v) is 7.58. The fourth-order valence-electron chi connectivity index (χ4n) is 2.85. The molecule has 3 rings (SSSR count). The van der Waals surface area contributed by atoms with E-state index in [1.54, 1.807) is 16.8 Å². The summed E-state index contributed by atoms with van der Waals surface area (Å²) in [6, 6.07) is 4.09. The highest BCUT2D eigenvalue weighted by Crippen LogP contribution is 2.38. The van der Waals surface area contributed by atoms with Gasteiger partial charge in [0.25, 0.3) is 0 Å². The minimum atomic E-state index is -0.139. The van der Waals surface area contributed by atoms with E-state index in [1.165, 1.54) is 5.56 Å². The molecule has 0 fully saturated rings. The third-order valence-corrected chi connectivity index (χ3v) is 5.62. The van der Waals surface area contributed by atoms with Crippen molar-refractivity contribution in [3.05, 3.63) is 49.9 Å². The van der Waals surface area contributed by atoms with Gasteiger partial charge < -0.3 is 5.73 Å². The molecule has 128 valence electrons. The van der Waals surface area contributed by atoms with Crippen LogP contribution in [0.25, 0.3) is 0 Å². The Hall–Kier alpha value is -1.48. The molecule has 0 bridgehead atoms. The Balaban J connectivity index is 0.00000208. The Labute approximate surface area is 158 Å². The van der Waals surface area contributed by atoms with E-state index < -0.39 is 0 Å². The van der Waals surface area contributed by atoms with Gasteiger partial charge in [0.1, 0.15) is 0 Å². The Kier molecular flexibility index (Phi) is 6.34. The Morgan fingerprint density at radius 1 is 1.46 bits per heavy atom. The van der Waals surface area contributed by atoms with E-state index in [9.17, 15) is 0 Å². The summed E-state index contributed by atoms with van der Waals surface area (Å²) in [4.78, 5) is 4.53. The zero-order valence-corrected chi connectivity index (χ0v) is 16.1. The lowest BCUT2D eigenvalue weighted by atomic mass is 9.81. The molecule has 0 saturated carbocycles. The first-order valence-corrected chi connectivity index (χ1v) is 8.75. The lowest BCUT2D eigenvalue weighted by molar-refractivity contribution is 0.232. The summed E-state index contributed by atoms with van der Waals surface area (Å²) in [5.74, 6) is 0.147. The van der Waals surface area contributed by atoms with Crippen LogP contribution in [0.3, 0.4) is 0 Å². The van der Waals surface area contributed by atoms with Gasteiger partial charge in [-0.3, -0.25) is 10.2 Å². The normalized spacial score (nSPS) is 18.9. The summed E-state index contributed by atoms with van der Waals surface area (Å²) in [5, 5.41) is 18.9. The van der Waals surface area contributed by atoms with Crippen LogP contribution < -0.4 is 11.2 Å². The molecule has 6 nitrogen and oxygen atoms in total. The maximum Gasteiger partial charge on any atom is 0.237 e. The van der Waals surface area contributed by atoms with Gasteiger partial charge in [0.2, 0.25) is 5.96 Å². The molecule has 1 unspecified atom stereocenters. The van der Waals surface area contributed by atoms with Crippen molar-refractivity contribution in [2.24, 2.45) is 15.9 Å². The highest BCUT2D eigenvalue weighted by atomic mass is 79.9. The molecule has 24 heavy (non-hydrogen) atoms. The zero-order valence-electron chi connectivity index (χ0n) is 12.9. The van der Waals surface area contributed by atoms with Crippen molar-refractivity contribution < 1.29 is 5.21 Å². The van der Waals surface area contributed by atoms with Crippen LogP contribution in [0.2, 0.25) is 0 Å². The molecular formula is C15H17BrClN5OS. The highest BCUT2D eigenvalue weighted by Gasteiger charge is 2.28. The number of aromatic nitrogens is 1. The van der Waals surface area contributed by atoms with Crippen molar-refractivity contribution in [1.82, 2.24) is 10.5 Å². The molecule has 0 saturated heterocycles. The van der Waals surface area contributed by atoms with Crippen LogP contribution in [-0.2, 0) is 6.42 Å². The molecule has 1 aliphatic rings. The number of nitrogens with two attached hydrogens (primary N) is 1. The molecule has 4 N–H and O–H groups in total. The second kappa shape index (κ2) is 8.06. The number of hydrogen-bond donors (Lipinski definition) is 3. The Morgan fingerprint density at radius 2 is 2.25 bits per heavy atom. The van der Waals surface area contributed by atoms with E-state index in [-0.39, 0.29) is 24.3 Å². The van der Waals surface area contributed by atoms with Crippen molar-refractivity contribution in [1.29, 1.82) is 0 Å². The van der Waals surface area contributed by atoms with E-state index >= 15 is 0 Å². The molecule has 9 heteroatoms. The number of nitrogens with zero attached hydrogens (tertiary/aromatic N) is 3. The molecule has 2 aromatic rings. The molecule has 0 spiro atoms. The van der Waals surface area contributed by atoms with Gasteiger partial charge in [0, 0.05) is 11.8 Å². The molecular weight excluding hydrogens is 414 g/mol. The van der Waals surface area contributed by atoms with Crippen LogP contribution >= 0.6 is 39.7 Å². The van der Waals surface area contributed by atoms with Crippen molar-refractivity contribution in [2.75, 3.05) is 0 Å². The lowest BCUT2D eigenvalue weighted by Gasteiger charge is -2.26. The van der Waals surface area contributed by atoms with Gasteiger partial charge >= 0.3 is 0 Å². The van der Waals surface area contributed by atoms with E-state index in [0.717, 1.165) is 39.2 Å². The SMILES string of the molecule is Cc1ccnc2c1/C(=N\N=C(N)NO)CC(c1ccsc1Br)C2.Cl. The molecule has 0 aliphatic heterocycles. The van der Waals surface area contributed by atoms with Crippen LogP contribution in [0.4, 0.5) is 0 Å². The monoisotopic (exact) mass is 429 g/mol. The largest absolute Gasteiger partial charge is 0.367 e. The molecule has 0 aromatic carbocycles. The van der Waals surface area contributed by atoms with Crippen LogP contribution in [0.1, 0.15) is 34.7 Å². The highest BCUT2D eigenvalue weighted by molar-refractivity contribution is 9.11. The molecule has 0 amide bonds. The number of pyridine rings is 1. The summed E-state index contributed by atoms with van der Waals surface area (Å²) in [5.41, 5.74) is 12.5. The number of hydrogen-bond acceptors (Lipinski definition) is 5. The summed E-state index contributed by atoms with van der Waals surface area (Å²) in [6.07, 6.45) is 3.43. The molecule has 1 atom stereocenters. The molecule has 2 heterocycles. The van der Waals surface area contributed by atoms with Crippen molar-refractivity contribution in [3.63, 3.8) is 0 Å². The average molecular weight is 431 g/mol. The van der Waals surface area contributed by atoms with Gasteiger partial charge in [-0.05, 0) is 70.3 Å². The van der Waals surface area contributed by atoms with Gasteiger partial charge in [-0.25, -0.2) is 5.48 Å². The fraction of sp³-hybridized carbons (Fsp3) is 0.267. The van der Waals surface area contributed by atoms with E-state index in [1.807, 2.05) is 19.2 Å². The number of aryl methyl sites for hydroxylation is 1. The standard InChI is InChI=1S/C15H16BrN5OS.ClH/c1-8-2-4-18-11-6-9(10-3-5-23-14(10)16)7-12(13(8)11)19-20-15(17)21-22;/h2-5,9,22H,6-7H2,1H3,(H3,17,20,21);1H/b19-12-;. The topological polar surface area (TPSA) is 95.9 Å². The lowest BCUT2D eigenvalue weighted by Crippen LogP contribution is -2.28. The summed E-state index contributed by atoms with van der Waals surface area (Å²) in [6.45, 7) is 2.04. The predicted octanol–water partition coefficient (Wildman–Crippen LogP) is 3.36. The Morgan fingerprint density at radius 3 is 2.92 bits per heavy atom. The maximum atomic E-state index is 8.76. The number of hydroxylamine groups is 1. The van der Waals surface area contributed by atoms with Crippen molar-refractivity contribution in [3.8, 4) is 0 Å². The van der Waals surface area contributed by atoms with Gasteiger partial charge in [-0.15, -0.1) is 28.8 Å². The van der Waals surface area contributed by atoms with Crippen molar-refractivity contribution in [2.45, 2.75) is 25.7 Å². The van der Waals surface area contributed by atoms with Gasteiger partial charge in [-0.2, -0.15) is 5.10 Å². The van der Waals surface area contributed by atoms with Gasteiger partial charge in [0.05, 0.1) is 15.2 Å². The molecule has 0 radical (unpaired) electrons. The summed E-state index contributed by atoms with van der Waals surface area (Å²) in [7, 11) is 0. The number of rotatable bonds is 2. The number of thiophene rings is 1. The van der Waals surface area contributed by atoms with Crippen LogP contribution in [0, 0.1) is 6.92 Å². The summed E-state index contributed by atoms with van der Waals surface area (Å²) < 4.78 is 1.14. The number of nitrogens with one attached hydrogen (secondary N) is 1. The van der Waals surface area contributed by atoms with Crippen LogP contribution in [0.5, 0.6) is 0 Å². The minimum absolute atomic E-state index is 0. The van der Waals surface area contributed by atoms with E-state index in [4.69, 9.17) is 10.9 Å². The minimum Gasteiger partial charge on any atom is -0.367 e.